The van der Waals surface area contributed by atoms with Crippen molar-refractivity contribution >= 4 is 40.9 Å². The molecule has 19 heavy (non-hydrogen) atoms. The molecule has 1 saturated heterocycles. The Morgan fingerprint density at radius 3 is 2.68 bits per heavy atom. The number of carbonyl (C=O) groups is 1. The van der Waals surface area contributed by atoms with Gasteiger partial charge in [0, 0.05) is 22.2 Å². The molecular weight excluding hydrogens is 375 g/mol. The minimum atomic E-state index is 0. The zero-order valence-electron chi connectivity index (χ0n) is 10.9. The average molecular weight is 395 g/mol. The first kappa shape index (κ1) is 16.7. The first-order valence-corrected chi connectivity index (χ1v) is 7.60. The molecule has 0 saturated carbocycles. The number of halogens is 2. The zero-order chi connectivity index (χ0) is 12.8. The van der Waals surface area contributed by atoms with Gasteiger partial charge in [-0.05, 0) is 66.7 Å². The molecule has 0 aromatic heterocycles. The van der Waals surface area contributed by atoms with E-state index in [0.717, 1.165) is 22.2 Å². The number of amides is 1. The highest BCUT2D eigenvalue weighted by molar-refractivity contribution is 14.1. The largest absolute Gasteiger partial charge is 0.351 e. The summed E-state index contributed by atoms with van der Waals surface area (Å²) in [6, 6.07) is 7.68. The zero-order valence-corrected chi connectivity index (χ0v) is 13.9. The van der Waals surface area contributed by atoms with Crippen molar-refractivity contribution in [3.05, 3.63) is 33.4 Å². The third-order valence-corrected chi connectivity index (χ3v) is 3.92. The van der Waals surface area contributed by atoms with Gasteiger partial charge in [-0.15, -0.1) is 12.4 Å². The lowest BCUT2D eigenvalue weighted by molar-refractivity contribution is 0.0946. The highest BCUT2D eigenvalue weighted by Gasteiger charge is 2.10. The summed E-state index contributed by atoms with van der Waals surface area (Å²) in [5, 5.41) is 2.99. The van der Waals surface area contributed by atoms with Crippen molar-refractivity contribution in [2.75, 3.05) is 26.2 Å². The van der Waals surface area contributed by atoms with E-state index in [1.54, 1.807) is 0 Å². The van der Waals surface area contributed by atoms with Gasteiger partial charge in [-0.1, -0.05) is 12.5 Å². The maximum absolute atomic E-state index is 11.9. The van der Waals surface area contributed by atoms with Gasteiger partial charge in [0.1, 0.15) is 0 Å². The van der Waals surface area contributed by atoms with Crippen LogP contribution in [0.5, 0.6) is 0 Å². The van der Waals surface area contributed by atoms with Crippen molar-refractivity contribution < 1.29 is 4.79 Å². The minimum Gasteiger partial charge on any atom is -0.351 e. The molecule has 2 rings (SSSR count). The third-order valence-electron chi connectivity index (χ3n) is 3.25. The van der Waals surface area contributed by atoms with Crippen molar-refractivity contribution in [3.63, 3.8) is 0 Å². The van der Waals surface area contributed by atoms with E-state index >= 15 is 0 Å². The lowest BCUT2D eigenvalue weighted by Crippen LogP contribution is -2.37. The maximum Gasteiger partial charge on any atom is 0.251 e. The Kier molecular flexibility index (Phi) is 7.71. The van der Waals surface area contributed by atoms with Crippen LogP contribution in [-0.2, 0) is 0 Å². The predicted molar refractivity (Wildman–Crippen MR) is 89.0 cm³/mol. The van der Waals surface area contributed by atoms with Crippen LogP contribution >= 0.6 is 35.0 Å². The average Bonchev–Trinajstić information content (AvgIpc) is 2.40. The van der Waals surface area contributed by atoms with Crippen molar-refractivity contribution in [1.29, 1.82) is 0 Å². The van der Waals surface area contributed by atoms with Gasteiger partial charge in [-0.25, -0.2) is 0 Å². The SMILES string of the molecule is Cl.O=C(NCCN1CCCCC1)c1cccc(I)c1. The van der Waals surface area contributed by atoms with Crippen LogP contribution in [0.25, 0.3) is 0 Å². The molecule has 1 amide bonds. The quantitative estimate of drug-likeness (QED) is 0.797. The molecule has 1 aliphatic rings. The molecule has 1 aromatic carbocycles. The van der Waals surface area contributed by atoms with Crippen LogP contribution in [-0.4, -0.2) is 37.0 Å². The Hall–Kier alpha value is -0.330. The summed E-state index contributed by atoms with van der Waals surface area (Å²) in [5.41, 5.74) is 0.751. The number of likely N-dealkylation sites (tertiary alicyclic amines) is 1. The normalized spacial score (nSPS) is 15.6. The van der Waals surface area contributed by atoms with E-state index in [0.29, 0.717) is 0 Å². The smallest absolute Gasteiger partial charge is 0.251 e. The number of carbonyl (C=O) groups excluding carboxylic acids is 1. The maximum atomic E-state index is 11.9. The number of benzene rings is 1. The van der Waals surface area contributed by atoms with E-state index in [-0.39, 0.29) is 18.3 Å². The molecule has 5 heteroatoms. The first-order valence-electron chi connectivity index (χ1n) is 6.52. The fourth-order valence-corrected chi connectivity index (χ4v) is 2.79. The summed E-state index contributed by atoms with van der Waals surface area (Å²) in [7, 11) is 0. The van der Waals surface area contributed by atoms with Crippen molar-refractivity contribution in [1.82, 2.24) is 10.2 Å². The molecule has 106 valence electrons. The number of nitrogens with zero attached hydrogens (tertiary/aromatic N) is 1. The summed E-state index contributed by atoms with van der Waals surface area (Å²) < 4.78 is 1.09. The van der Waals surface area contributed by atoms with Gasteiger partial charge < -0.3 is 10.2 Å². The Balaban J connectivity index is 0.00000180. The summed E-state index contributed by atoms with van der Waals surface area (Å²) in [6.07, 6.45) is 3.95. The molecule has 1 N–H and O–H groups in total. The third kappa shape index (κ3) is 5.67. The Bertz CT molecular complexity index is 408. The molecule has 1 aromatic rings. The standard InChI is InChI=1S/C14H19IN2O.ClH/c15-13-6-4-5-12(11-13)14(18)16-7-10-17-8-2-1-3-9-17;/h4-6,11H,1-3,7-10H2,(H,16,18);1H. The van der Waals surface area contributed by atoms with Crippen molar-refractivity contribution in [3.8, 4) is 0 Å². The van der Waals surface area contributed by atoms with Gasteiger partial charge >= 0.3 is 0 Å². The lowest BCUT2D eigenvalue weighted by Gasteiger charge is -2.26. The molecule has 1 aliphatic heterocycles. The Labute approximate surface area is 134 Å². The van der Waals surface area contributed by atoms with Crippen LogP contribution in [0, 0.1) is 3.57 Å². The van der Waals surface area contributed by atoms with Crippen LogP contribution in [0.3, 0.4) is 0 Å². The summed E-state index contributed by atoms with van der Waals surface area (Å²) >= 11 is 2.22. The van der Waals surface area contributed by atoms with Crippen LogP contribution in [0.2, 0.25) is 0 Å². The van der Waals surface area contributed by atoms with Crippen molar-refractivity contribution in [2.45, 2.75) is 19.3 Å². The lowest BCUT2D eigenvalue weighted by atomic mass is 10.1. The highest BCUT2D eigenvalue weighted by Crippen LogP contribution is 2.08. The van der Waals surface area contributed by atoms with Gasteiger partial charge in [0.15, 0.2) is 0 Å². The second-order valence-corrected chi connectivity index (χ2v) is 5.91. The van der Waals surface area contributed by atoms with Crippen LogP contribution < -0.4 is 5.32 Å². The van der Waals surface area contributed by atoms with Crippen molar-refractivity contribution in [2.24, 2.45) is 0 Å². The topological polar surface area (TPSA) is 32.3 Å². The van der Waals surface area contributed by atoms with E-state index in [2.05, 4.69) is 32.8 Å². The summed E-state index contributed by atoms with van der Waals surface area (Å²) in [5.74, 6) is 0.0329. The molecule has 0 spiro atoms. The van der Waals surface area contributed by atoms with E-state index in [9.17, 15) is 4.79 Å². The van der Waals surface area contributed by atoms with E-state index in [4.69, 9.17) is 0 Å². The number of piperidine rings is 1. The molecule has 1 heterocycles. The van der Waals surface area contributed by atoms with Gasteiger partial charge in [0.05, 0.1) is 0 Å². The van der Waals surface area contributed by atoms with Crippen LogP contribution in [0.4, 0.5) is 0 Å². The Morgan fingerprint density at radius 1 is 1.26 bits per heavy atom. The molecular formula is C14H20ClIN2O. The summed E-state index contributed by atoms with van der Waals surface area (Å²) in [6.45, 7) is 4.07. The Morgan fingerprint density at radius 2 is 2.00 bits per heavy atom. The fraction of sp³-hybridized carbons (Fsp3) is 0.500. The van der Waals surface area contributed by atoms with E-state index in [1.807, 2.05) is 24.3 Å². The van der Waals surface area contributed by atoms with Gasteiger partial charge in [-0.2, -0.15) is 0 Å². The molecule has 0 atom stereocenters. The van der Waals surface area contributed by atoms with Gasteiger partial charge in [-0.3, -0.25) is 4.79 Å². The van der Waals surface area contributed by atoms with Crippen LogP contribution in [0.15, 0.2) is 24.3 Å². The number of nitrogens with one attached hydrogen (secondary N) is 1. The molecule has 3 nitrogen and oxygen atoms in total. The van der Waals surface area contributed by atoms with Crippen LogP contribution in [0.1, 0.15) is 29.6 Å². The number of rotatable bonds is 4. The first-order chi connectivity index (χ1) is 8.75. The number of hydrogen-bond donors (Lipinski definition) is 1. The molecule has 0 aliphatic carbocycles. The monoisotopic (exact) mass is 394 g/mol. The molecule has 0 bridgehead atoms. The highest BCUT2D eigenvalue weighted by atomic mass is 127. The van der Waals surface area contributed by atoms with E-state index < -0.39 is 0 Å². The molecule has 0 unspecified atom stereocenters. The predicted octanol–water partition coefficient (Wildman–Crippen LogP) is 2.93. The second kappa shape index (κ2) is 8.76. The molecule has 1 fully saturated rings. The minimum absolute atomic E-state index is 0. The number of hydrogen-bond acceptors (Lipinski definition) is 2. The van der Waals surface area contributed by atoms with Gasteiger partial charge in [0.25, 0.3) is 5.91 Å². The fourth-order valence-electron chi connectivity index (χ4n) is 2.24. The van der Waals surface area contributed by atoms with E-state index in [1.165, 1.54) is 32.4 Å². The second-order valence-electron chi connectivity index (χ2n) is 4.67. The molecule has 0 radical (unpaired) electrons. The van der Waals surface area contributed by atoms with Gasteiger partial charge in [0.2, 0.25) is 0 Å². The summed E-state index contributed by atoms with van der Waals surface area (Å²) in [4.78, 5) is 14.3.